The Morgan fingerprint density at radius 1 is 1.64 bits per heavy atom. The first kappa shape index (κ1) is 11.0. The van der Waals surface area contributed by atoms with Crippen molar-refractivity contribution >= 4 is 12.4 Å². The molecular formula is C9H15NO4. The summed E-state index contributed by atoms with van der Waals surface area (Å²) in [5.41, 5.74) is -1.07. The molecule has 5 heteroatoms. The molecule has 1 amide bonds. The van der Waals surface area contributed by atoms with Crippen LogP contribution >= 0.6 is 0 Å². The zero-order valence-electron chi connectivity index (χ0n) is 8.23. The van der Waals surface area contributed by atoms with Gasteiger partial charge in [0, 0.05) is 0 Å². The van der Waals surface area contributed by atoms with Crippen LogP contribution in [0.5, 0.6) is 0 Å². The molecule has 0 saturated heterocycles. The number of nitrogens with zero attached hydrogens (tertiary/aromatic N) is 1. The number of carbonyl (C=O) groups is 2. The van der Waals surface area contributed by atoms with Crippen molar-refractivity contribution in [1.82, 2.24) is 5.06 Å². The van der Waals surface area contributed by atoms with Gasteiger partial charge >= 0.3 is 5.97 Å². The Morgan fingerprint density at radius 3 is 2.64 bits per heavy atom. The molecule has 1 N–H and O–H groups in total. The van der Waals surface area contributed by atoms with Crippen molar-refractivity contribution in [2.75, 3.05) is 6.61 Å². The lowest BCUT2D eigenvalue weighted by Gasteiger charge is -2.23. The Kier molecular flexibility index (Phi) is 3.46. The number of carbonyl (C=O) groups excluding carboxylic acids is 1. The van der Waals surface area contributed by atoms with Gasteiger partial charge in [-0.15, -0.1) is 0 Å². The molecule has 0 unspecified atom stereocenters. The van der Waals surface area contributed by atoms with Crippen LogP contribution in [0.3, 0.4) is 0 Å². The number of amides is 1. The van der Waals surface area contributed by atoms with Crippen LogP contribution in [0, 0.1) is 0 Å². The summed E-state index contributed by atoms with van der Waals surface area (Å²) < 4.78 is 0. The first-order chi connectivity index (χ1) is 6.67. The maximum Gasteiger partial charge on any atom is 0.332 e. The highest BCUT2D eigenvalue weighted by Gasteiger charge is 2.56. The van der Waals surface area contributed by atoms with E-state index in [0.717, 1.165) is 17.9 Å². The van der Waals surface area contributed by atoms with Crippen LogP contribution in [0.2, 0.25) is 0 Å². The predicted octanol–water partition coefficient (Wildman–Crippen LogP) is 0.794. The fourth-order valence-corrected chi connectivity index (χ4v) is 1.21. The van der Waals surface area contributed by atoms with Gasteiger partial charge in [-0.25, -0.2) is 9.86 Å². The SMILES string of the molecule is CCCCON(C=O)C1(C(=O)O)CC1. The van der Waals surface area contributed by atoms with Crippen molar-refractivity contribution in [3.8, 4) is 0 Å². The number of carboxylic acids is 1. The van der Waals surface area contributed by atoms with E-state index in [-0.39, 0.29) is 0 Å². The van der Waals surface area contributed by atoms with Crippen molar-refractivity contribution < 1.29 is 19.5 Å². The van der Waals surface area contributed by atoms with Gasteiger partial charge in [0.25, 0.3) is 0 Å². The summed E-state index contributed by atoms with van der Waals surface area (Å²) in [5, 5.41) is 9.83. The molecule has 1 aliphatic carbocycles. The standard InChI is InChI=1S/C9H15NO4/c1-2-3-6-14-10(7-11)9(4-5-9)8(12)13/h7H,2-6H2,1H3,(H,12,13). The number of unbranched alkanes of at least 4 members (excludes halogenated alkanes) is 1. The Labute approximate surface area is 82.6 Å². The van der Waals surface area contributed by atoms with Crippen molar-refractivity contribution in [1.29, 1.82) is 0 Å². The molecule has 0 spiro atoms. The average molecular weight is 201 g/mol. The maximum atomic E-state index is 10.8. The van der Waals surface area contributed by atoms with Crippen LogP contribution in [-0.4, -0.2) is 34.7 Å². The zero-order valence-corrected chi connectivity index (χ0v) is 8.23. The van der Waals surface area contributed by atoms with E-state index in [4.69, 9.17) is 9.94 Å². The summed E-state index contributed by atoms with van der Waals surface area (Å²) >= 11 is 0. The quantitative estimate of drug-likeness (QED) is 0.376. The molecule has 0 aliphatic heterocycles. The topological polar surface area (TPSA) is 66.8 Å². The summed E-state index contributed by atoms with van der Waals surface area (Å²) in [6, 6.07) is 0. The molecule has 0 aromatic carbocycles. The fraction of sp³-hybridized carbons (Fsp3) is 0.778. The van der Waals surface area contributed by atoms with Crippen LogP contribution in [0.4, 0.5) is 0 Å². The Balaban J connectivity index is 2.45. The molecule has 5 nitrogen and oxygen atoms in total. The highest BCUT2D eigenvalue weighted by molar-refractivity contribution is 5.84. The normalized spacial score (nSPS) is 17.5. The van der Waals surface area contributed by atoms with Crippen LogP contribution < -0.4 is 0 Å². The van der Waals surface area contributed by atoms with Gasteiger partial charge in [0.05, 0.1) is 6.61 Å². The van der Waals surface area contributed by atoms with Gasteiger partial charge in [-0.3, -0.25) is 9.63 Å². The van der Waals surface area contributed by atoms with Crippen LogP contribution in [0.15, 0.2) is 0 Å². The first-order valence-electron chi connectivity index (χ1n) is 4.78. The molecule has 1 rings (SSSR count). The van der Waals surface area contributed by atoms with Gasteiger partial charge in [0.2, 0.25) is 6.41 Å². The molecular weight excluding hydrogens is 186 g/mol. The average Bonchev–Trinajstić information content (AvgIpc) is 2.93. The molecule has 0 heterocycles. The third kappa shape index (κ3) is 2.04. The second-order valence-corrected chi connectivity index (χ2v) is 3.45. The Bertz CT molecular complexity index is 225. The van der Waals surface area contributed by atoms with E-state index in [9.17, 15) is 9.59 Å². The Hall–Kier alpha value is -1.10. The number of hydrogen-bond acceptors (Lipinski definition) is 3. The third-order valence-corrected chi connectivity index (χ3v) is 2.37. The van der Waals surface area contributed by atoms with E-state index in [2.05, 4.69) is 0 Å². The van der Waals surface area contributed by atoms with Gasteiger partial charge in [-0.1, -0.05) is 13.3 Å². The Morgan fingerprint density at radius 2 is 2.29 bits per heavy atom. The molecule has 0 bridgehead atoms. The number of hydrogen-bond donors (Lipinski definition) is 1. The van der Waals surface area contributed by atoms with Crippen LogP contribution in [0.1, 0.15) is 32.6 Å². The minimum absolute atomic E-state index is 0.393. The zero-order chi connectivity index (χ0) is 10.6. The monoisotopic (exact) mass is 201 g/mol. The molecule has 0 aromatic heterocycles. The van der Waals surface area contributed by atoms with E-state index in [1.165, 1.54) is 0 Å². The predicted molar refractivity (Wildman–Crippen MR) is 48.4 cm³/mol. The minimum atomic E-state index is -1.07. The number of rotatable bonds is 7. The molecule has 80 valence electrons. The van der Waals surface area contributed by atoms with Gasteiger partial charge in [-0.2, -0.15) is 0 Å². The number of hydroxylamine groups is 2. The lowest BCUT2D eigenvalue weighted by atomic mass is 10.3. The molecule has 0 radical (unpaired) electrons. The summed E-state index contributed by atoms with van der Waals surface area (Å²) in [4.78, 5) is 26.6. The third-order valence-electron chi connectivity index (χ3n) is 2.37. The fourth-order valence-electron chi connectivity index (χ4n) is 1.21. The van der Waals surface area contributed by atoms with E-state index in [1.807, 2.05) is 6.92 Å². The smallest absolute Gasteiger partial charge is 0.332 e. The van der Waals surface area contributed by atoms with Crippen molar-refractivity contribution in [2.24, 2.45) is 0 Å². The highest BCUT2D eigenvalue weighted by atomic mass is 16.7. The highest BCUT2D eigenvalue weighted by Crippen LogP contribution is 2.41. The maximum absolute atomic E-state index is 10.8. The van der Waals surface area contributed by atoms with E-state index in [0.29, 0.717) is 25.9 Å². The number of aliphatic carboxylic acids is 1. The van der Waals surface area contributed by atoms with Gasteiger partial charge in [0.15, 0.2) is 5.54 Å². The summed E-state index contributed by atoms with van der Waals surface area (Å²) in [5.74, 6) is -0.985. The van der Waals surface area contributed by atoms with Gasteiger partial charge in [-0.05, 0) is 19.3 Å². The van der Waals surface area contributed by atoms with Crippen LogP contribution in [0.25, 0.3) is 0 Å². The lowest BCUT2D eigenvalue weighted by molar-refractivity contribution is -0.201. The largest absolute Gasteiger partial charge is 0.479 e. The van der Waals surface area contributed by atoms with Crippen molar-refractivity contribution in [3.05, 3.63) is 0 Å². The van der Waals surface area contributed by atoms with Crippen LogP contribution in [-0.2, 0) is 14.4 Å². The molecule has 0 aromatic rings. The minimum Gasteiger partial charge on any atom is -0.479 e. The second kappa shape index (κ2) is 4.41. The lowest BCUT2D eigenvalue weighted by Crippen LogP contribution is -2.42. The number of carboxylic acid groups (broad SMARTS) is 1. The van der Waals surface area contributed by atoms with E-state index in [1.54, 1.807) is 0 Å². The van der Waals surface area contributed by atoms with Gasteiger partial charge < -0.3 is 5.11 Å². The summed E-state index contributed by atoms with van der Waals surface area (Å²) in [6.45, 7) is 2.39. The van der Waals surface area contributed by atoms with E-state index >= 15 is 0 Å². The second-order valence-electron chi connectivity index (χ2n) is 3.45. The van der Waals surface area contributed by atoms with Gasteiger partial charge in [0.1, 0.15) is 0 Å². The molecule has 1 aliphatic rings. The summed E-state index contributed by atoms with van der Waals surface area (Å²) in [7, 11) is 0. The molecule has 0 atom stereocenters. The first-order valence-corrected chi connectivity index (χ1v) is 4.78. The van der Waals surface area contributed by atoms with Crippen molar-refractivity contribution in [3.63, 3.8) is 0 Å². The molecule has 1 saturated carbocycles. The summed E-state index contributed by atoms with van der Waals surface area (Å²) in [6.07, 6.45) is 3.18. The molecule has 14 heavy (non-hydrogen) atoms. The van der Waals surface area contributed by atoms with Crippen molar-refractivity contribution in [2.45, 2.75) is 38.1 Å². The molecule has 1 fully saturated rings. The van der Waals surface area contributed by atoms with E-state index < -0.39 is 11.5 Å².